The zero-order valence-corrected chi connectivity index (χ0v) is 16.7. The van der Waals surface area contributed by atoms with Gasteiger partial charge in [0.2, 0.25) is 11.7 Å². The molecule has 146 valence electrons. The van der Waals surface area contributed by atoms with Gasteiger partial charge in [-0.2, -0.15) is 0 Å². The third-order valence-corrected chi connectivity index (χ3v) is 5.70. The van der Waals surface area contributed by atoms with E-state index in [1.807, 2.05) is 29.6 Å². The second-order valence-corrected chi connectivity index (χ2v) is 7.88. The smallest absolute Gasteiger partial charge is 0.238 e. The summed E-state index contributed by atoms with van der Waals surface area (Å²) < 4.78 is 0. The van der Waals surface area contributed by atoms with E-state index in [1.165, 1.54) is 0 Å². The molecule has 1 saturated heterocycles. The highest BCUT2D eigenvalue weighted by Crippen LogP contribution is 2.21. The Kier molecular flexibility index (Phi) is 5.96. The molecule has 1 aliphatic heterocycles. The fourth-order valence-corrected chi connectivity index (χ4v) is 3.86. The molecule has 2 aromatic heterocycles. The summed E-state index contributed by atoms with van der Waals surface area (Å²) in [5.41, 5.74) is 0.645. The van der Waals surface area contributed by atoms with E-state index in [2.05, 4.69) is 30.5 Å². The lowest BCUT2D eigenvalue weighted by Crippen LogP contribution is -2.49. The molecule has 4 rings (SSSR count). The van der Waals surface area contributed by atoms with Crippen molar-refractivity contribution in [3.63, 3.8) is 0 Å². The van der Waals surface area contributed by atoms with Crippen LogP contribution in [0, 0.1) is 0 Å². The van der Waals surface area contributed by atoms with Crippen LogP contribution < -0.4 is 5.32 Å². The van der Waals surface area contributed by atoms with Gasteiger partial charge in [0.15, 0.2) is 0 Å². The van der Waals surface area contributed by atoms with E-state index in [4.69, 9.17) is 11.6 Å². The number of rotatable bonds is 6. The predicted octanol–water partition coefficient (Wildman–Crippen LogP) is 2.27. The number of amides is 1. The molecule has 0 saturated carbocycles. The van der Waals surface area contributed by atoms with Crippen molar-refractivity contribution < 1.29 is 4.79 Å². The van der Waals surface area contributed by atoms with E-state index < -0.39 is 0 Å². The zero-order chi connectivity index (χ0) is 19.3. The molecular weight excluding hydrogens is 398 g/mol. The van der Waals surface area contributed by atoms with Gasteiger partial charge in [-0.25, -0.2) is 0 Å². The summed E-state index contributed by atoms with van der Waals surface area (Å²) in [4.78, 5) is 19.3. The van der Waals surface area contributed by atoms with Crippen molar-refractivity contribution in [3.8, 4) is 10.7 Å². The average Bonchev–Trinajstić information content (AvgIpc) is 3.37. The largest absolute Gasteiger partial charge is 0.324 e. The highest BCUT2D eigenvalue weighted by Gasteiger charge is 2.20. The van der Waals surface area contributed by atoms with Crippen molar-refractivity contribution in [2.24, 2.45) is 0 Å². The molecule has 1 aromatic carbocycles. The van der Waals surface area contributed by atoms with Crippen molar-refractivity contribution in [2.75, 3.05) is 38.0 Å². The highest BCUT2D eigenvalue weighted by molar-refractivity contribution is 7.13. The number of carbonyl (C=O) groups excluding carboxylic acids is 1. The normalized spacial score (nSPS) is 15.6. The van der Waals surface area contributed by atoms with Gasteiger partial charge in [-0.15, -0.1) is 26.3 Å². The number of benzene rings is 1. The molecule has 0 bridgehead atoms. The highest BCUT2D eigenvalue weighted by atomic mass is 35.5. The van der Waals surface area contributed by atoms with Gasteiger partial charge in [0.25, 0.3) is 0 Å². The van der Waals surface area contributed by atoms with Crippen molar-refractivity contribution in [2.45, 2.75) is 6.67 Å². The van der Waals surface area contributed by atoms with E-state index in [9.17, 15) is 4.79 Å². The lowest BCUT2D eigenvalue weighted by Gasteiger charge is -2.33. The number of para-hydroxylation sites is 1. The number of nitrogens with zero attached hydrogens (tertiary/aromatic N) is 6. The summed E-state index contributed by atoms with van der Waals surface area (Å²) in [5.74, 6) is 0.602. The molecule has 3 heterocycles. The van der Waals surface area contributed by atoms with E-state index in [1.54, 1.807) is 28.3 Å². The molecule has 0 unspecified atom stereocenters. The molecule has 1 aliphatic rings. The average molecular weight is 418 g/mol. The van der Waals surface area contributed by atoms with Crippen LogP contribution in [0.5, 0.6) is 0 Å². The van der Waals surface area contributed by atoms with Crippen molar-refractivity contribution in [1.82, 2.24) is 30.0 Å². The van der Waals surface area contributed by atoms with E-state index in [0.717, 1.165) is 31.1 Å². The first-order valence-electron chi connectivity index (χ1n) is 8.98. The number of hydrogen-bond donors (Lipinski definition) is 1. The van der Waals surface area contributed by atoms with Crippen LogP contribution in [0.4, 0.5) is 5.69 Å². The number of thiophene rings is 1. The van der Waals surface area contributed by atoms with Crippen molar-refractivity contribution >= 4 is 34.5 Å². The fourth-order valence-electron chi connectivity index (χ4n) is 3.03. The Labute approximate surface area is 171 Å². The van der Waals surface area contributed by atoms with Gasteiger partial charge in [0.05, 0.1) is 22.1 Å². The monoisotopic (exact) mass is 417 g/mol. The molecule has 28 heavy (non-hydrogen) atoms. The van der Waals surface area contributed by atoms with Gasteiger partial charge in [-0.3, -0.25) is 14.6 Å². The molecule has 1 amide bonds. The van der Waals surface area contributed by atoms with Crippen molar-refractivity contribution in [1.29, 1.82) is 0 Å². The summed E-state index contributed by atoms with van der Waals surface area (Å²) in [5, 5.41) is 18.1. The van der Waals surface area contributed by atoms with Crippen molar-refractivity contribution in [3.05, 3.63) is 46.8 Å². The first-order valence-corrected chi connectivity index (χ1v) is 10.2. The molecule has 10 heteroatoms. The minimum absolute atomic E-state index is 0.0555. The van der Waals surface area contributed by atoms with Gasteiger partial charge in [0, 0.05) is 26.2 Å². The second-order valence-electron chi connectivity index (χ2n) is 6.53. The van der Waals surface area contributed by atoms with Crippen LogP contribution in [0.15, 0.2) is 41.8 Å². The first kappa shape index (κ1) is 19.0. The maximum Gasteiger partial charge on any atom is 0.238 e. The third-order valence-electron chi connectivity index (χ3n) is 4.50. The van der Waals surface area contributed by atoms with Gasteiger partial charge in [-0.1, -0.05) is 29.8 Å². The quantitative estimate of drug-likeness (QED) is 0.662. The molecule has 0 atom stereocenters. The third kappa shape index (κ3) is 4.74. The number of anilines is 1. The summed E-state index contributed by atoms with van der Waals surface area (Å²) in [6.07, 6.45) is 0. The molecule has 0 spiro atoms. The molecule has 8 nitrogen and oxygen atoms in total. The van der Waals surface area contributed by atoms with E-state index in [0.29, 0.717) is 29.7 Å². The Morgan fingerprint density at radius 3 is 2.64 bits per heavy atom. The van der Waals surface area contributed by atoms with E-state index in [-0.39, 0.29) is 5.91 Å². The van der Waals surface area contributed by atoms with Crippen LogP contribution in [0.2, 0.25) is 5.02 Å². The van der Waals surface area contributed by atoms with Crippen LogP contribution in [0.3, 0.4) is 0 Å². The van der Waals surface area contributed by atoms with Gasteiger partial charge in [-0.05, 0) is 28.8 Å². The van der Waals surface area contributed by atoms with Crippen LogP contribution >= 0.6 is 22.9 Å². The standard InChI is InChI=1S/C18H20ClN7OS/c19-14-4-1-2-5-15(14)20-17(27)12-24-7-9-25(10-8-24)13-26-22-18(21-23-26)16-6-3-11-28-16/h1-6,11H,7-10,12-13H2,(H,20,27). The van der Waals surface area contributed by atoms with Gasteiger partial charge >= 0.3 is 0 Å². The van der Waals surface area contributed by atoms with Crippen LogP contribution in [0.25, 0.3) is 10.7 Å². The van der Waals surface area contributed by atoms with Crippen LogP contribution in [-0.4, -0.2) is 68.6 Å². The zero-order valence-electron chi connectivity index (χ0n) is 15.2. The number of aromatic nitrogens is 4. The fraction of sp³-hybridized carbons (Fsp3) is 0.333. The Morgan fingerprint density at radius 2 is 1.89 bits per heavy atom. The topological polar surface area (TPSA) is 79.2 Å². The van der Waals surface area contributed by atoms with Crippen LogP contribution in [-0.2, 0) is 11.5 Å². The number of nitrogens with one attached hydrogen (secondary N) is 1. The number of hydrogen-bond acceptors (Lipinski definition) is 7. The molecule has 1 fully saturated rings. The summed E-state index contributed by atoms with van der Waals surface area (Å²) in [6.45, 7) is 4.25. The molecule has 3 aromatic rings. The lowest BCUT2D eigenvalue weighted by atomic mass is 10.3. The molecule has 1 N–H and O–H groups in total. The number of carbonyl (C=O) groups is 1. The maximum atomic E-state index is 12.3. The Bertz CT molecular complexity index is 922. The predicted molar refractivity (Wildman–Crippen MR) is 109 cm³/mol. The molecular formula is C18H20ClN7OS. The lowest BCUT2D eigenvalue weighted by molar-refractivity contribution is -0.117. The summed E-state index contributed by atoms with van der Waals surface area (Å²) in [7, 11) is 0. The number of halogens is 1. The van der Waals surface area contributed by atoms with Crippen LogP contribution in [0.1, 0.15) is 0 Å². The minimum atomic E-state index is -0.0555. The van der Waals surface area contributed by atoms with E-state index >= 15 is 0 Å². The first-order chi connectivity index (χ1) is 13.7. The summed E-state index contributed by atoms with van der Waals surface area (Å²) in [6, 6.07) is 11.2. The Balaban J connectivity index is 1.23. The maximum absolute atomic E-state index is 12.3. The number of tetrazole rings is 1. The van der Waals surface area contributed by atoms with Gasteiger partial charge in [0.1, 0.15) is 6.67 Å². The Morgan fingerprint density at radius 1 is 1.11 bits per heavy atom. The minimum Gasteiger partial charge on any atom is -0.324 e. The Hall–Kier alpha value is -2.33. The number of piperazine rings is 1. The summed E-state index contributed by atoms with van der Waals surface area (Å²) >= 11 is 7.69. The molecule has 0 aliphatic carbocycles. The SMILES string of the molecule is O=C(CN1CCN(Cn2nnc(-c3cccs3)n2)CC1)Nc1ccccc1Cl. The second kappa shape index (κ2) is 8.78. The van der Waals surface area contributed by atoms with Gasteiger partial charge < -0.3 is 5.32 Å². The molecule has 0 radical (unpaired) electrons.